The van der Waals surface area contributed by atoms with Gasteiger partial charge in [-0.2, -0.15) is 13.2 Å². The van der Waals surface area contributed by atoms with Crippen LogP contribution in [0.2, 0.25) is 0 Å². The second-order valence-corrected chi connectivity index (χ2v) is 10.7. The normalized spacial score (nSPS) is 11.2. The molecule has 0 fully saturated rings. The van der Waals surface area contributed by atoms with Crippen molar-refractivity contribution < 1.29 is 27.4 Å². The van der Waals surface area contributed by atoms with Crippen LogP contribution in [0.4, 0.5) is 13.2 Å². The largest absolute Gasteiger partial charge is 0.489 e. The molecule has 1 heterocycles. The van der Waals surface area contributed by atoms with Crippen molar-refractivity contribution in [2.75, 3.05) is 0 Å². The molecule has 9 heteroatoms. The monoisotopic (exact) mass is 609 g/mol. The summed E-state index contributed by atoms with van der Waals surface area (Å²) in [5.41, 5.74) is 2.64. The molecule has 1 aromatic heterocycles. The molecule has 5 aromatic carbocycles. The number of ether oxygens (including phenoxy) is 3. The molecule has 0 aliphatic heterocycles. The van der Waals surface area contributed by atoms with Crippen molar-refractivity contribution in [2.24, 2.45) is 0 Å². The standard InChI is InChI=1S/C35H24F3N2O3S/c36-35(37,38)28-14-8-16-30(20-28)43-29-15-7-13-26(17-29)33-39-40-34(44-33)27-18-31(41-22-24-9-3-1-4-10-24)21-32(19-27)42-23-25-11-5-2-6-12-25/h1-12,14-21H,22-23H2. The van der Waals surface area contributed by atoms with Gasteiger partial charge in [0, 0.05) is 17.2 Å². The van der Waals surface area contributed by atoms with Gasteiger partial charge < -0.3 is 14.2 Å². The zero-order valence-electron chi connectivity index (χ0n) is 23.1. The average Bonchev–Trinajstić information content (AvgIpc) is 3.55. The maximum Gasteiger partial charge on any atom is 0.416 e. The van der Waals surface area contributed by atoms with Crippen LogP contribution in [0.25, 0.3) is 21.1 Å². The zero-order valence-corrected chi connectivity index (χ0v) is 23.9. The molecule has 0 aliphatic rings. The Morgan fingerprint density at radius 1 is 0.614 bits per heavy atom. The van der Waals surface area contributed by atoms with Crippen molar-refractivity contribution in [3.8, 4) is 44.1 Å². The number of halogens is 3. The highest BCUT2D eigenvalue weighted by molar-refractivity contribution is 7.17. The lowest BCUT2D eigenvalue weighted by atomic mass is 10.2. The number of aromatic nitrogens is 2. The van der Waals surface area contributed by atoms with Gasteiger partial charge in [-0.1, -0.05) is 78.1 Å². The molecular weight excluding hydrogens is 585 g/mol. The molecule has 0 unspecified atom stereocenters. The summed E-state index contributed by atoms with van der Waals surface area (Å²) in [5, 5.41) is 9.96. The van der Waals surface area contributed by atoms with Crippen molar-refractivity contribution in [3.05, 3.63) is 144 Å². The van der Waals surface area contributed by atoms with E-state index in [2.05, 4.69) is 16.3 Å². The predicted octanol–water partition coefficient (Wildman–Crippen LogP) is 9.64. The van der Waals surface area contributed by atoms with Crippen LogP contribution in [0.3, 0.4) is 0 Å². The minimum Gasteiger partial charge on any atom is -0.489 e. The summed E-state index contributed by atoms with van der Waals surface area (Å²) < 4.78 is 57.4. The van der Waals surface area contributed by atoms with Crippen molar-refractivity contribution in [1.82, 2.24) is 10.2 Å². The molecule has 0 saturated heterocycles. The Bertz CT molecular complexity index is 1780. The van der Waals surface area contributed by atoms with E-state index in [9.17, 15) is 13.2 Å². The third-order valence-electron chi connectivity index (χ3n) is 6.45. The minimum atomic E-state index is -4.46. The Balaban J connectivity index is 1.24. The SMILES string of the molecule is FC(F)(F)c1cccc(Oc2cc[c]c(-c3nnc(-c4cc(OCc5ccccc5)cc(OCc5ccccc5)c4)s3)c2)c1. The Labute approximate surface area is 256 Å². The first kappa shape index (κ1) is 28.9. The van der Waals surface area contributed by atoms with E-state index in [-0.39, 0.29) is 5.75 Å². The summed E-state index contributed by atoms with van der Waals surface area (Å²) in [7, 11) is 0. The lowest BCUT2D eigenvalue weighted by Gasteiger charge is -2.12. The Kier molecular flexibility index (Phi) is 8.56. The van der Waals surface area contributed by atoms with Crippen LogP contribution in [-0.4, -0.2) is 10.2 Å². The van der Waals surface area contributed by atoms with E-state index in [1.165, 1.54) is 23.5 Å². The van der Waals surface area contributed by atoms with Crippen molar-refractivity contribution in [2.45, 2.75) is 19.4 Å². The molecule has 0 spiro atoms. The van der Waals surface area contributed by atoms with Crippen LogP contribution >= 0.6 is 11.3 Å². The van der Waals surface area contributed by atoms with E-state index in [1.807, 2.05) is 78.9 Å². The summed E-state index contributed by atoms with van der Waals surface area (Å²) >= 11 is 1.34. The molecule has 0 saturated carbocycles. The van der Waals surface area contributed by atoms with E-state index >= 15 is 0 Å². The second-order valence-electron chi connectivity index (χ2n) is 9.72. The lowest BCUT2D eigenvalue weighted by Crippen LogP contribution is -2.04. The van der Waals surface area contributed by atoms with Crippen LogP contribution in [0.15, 0.2) is 121 Å². The van der Waals surface area contributed by atoms with Gasteiger partial charge in [0.25, 0.3) is 0 Å². The van der Waals surface area contributed by atoms with Gasteiger partial charge in [0.1, 0.15) is 46.2 Å². The molecule has 219 valence electrons. The minimum absolute atomic E-state index is 0.0743. The van der Waals surface area contributed by atoms with E-state index < -0.39 is 11.7 Å². The number of rotatable bonds is 10. The first-order valence-electron chi connectivity index (χ1n) is 13.6. The Morgan fingerprint density at radius 2 is 1.23 bits per heavy atom. The summed E-state index contributed by atoms with van der Waals surface area (Å²) in [6.07, 6.45) is -4.46. The van der Waals surface area contributed by atoms with Gasteiger partial charge in [-0.05, 0) is 65.7 Å². The third kappa shape index (κ3) is 7.43. The number of hydrogen-bond donors (Lipinski definition) is 0. The molecule has 0 bridgehead atoms. The predicted molar refractivity (Wildman–Crippen MR) is 163 cm³/mol. The number of nitrogens with zero attached hydrogens (tertiary/aromatic N) is 2. The fourth-order valence-electron chi connectivity index (χ4n) is 4.30. The van der Waals surface area contributed by atoms with E-state index in [0.29, 0.717) is 46.0 Å². The van der Waals surface area contributed by atoms with Gasteiger partial charge >= 0.3 is 6.18 Å². The number of hydrogen-bond acceptors (Lipinski definition) is 6. The molecule has 6 aromatic rings. The first-order chi connectivity index (χ1) is 21.4. The molecule has 0 amide bonds. The lowest BCUT2D eigenvalue weighted by molar-refractivity contribution is -0.137. The van der Waals surface area contributed by atoms with Crippen LogP contribution in [-0.2, 0) is 19.4 Å². The van der Waals surface area contributed by atoms with E-state index in [0.717, 1.165) is 28.8 Å². The highest BCUT2D eigenvalue weighted by Crippen LogP contribution is 2.37. The summed E-state index contributed by atoms with van der Waals surface area (Å²) in [6.45, 7) is 0.773. The van der Waals surface area contributed by atoms with Gasteiger partial charge in [0.2, 0.25) is 0 Å². The van der Waals surface area contributed by atoms with Gasteiger partial charge in [0.05, 0.1) is 5.56 Å². The summed E-state index contributed by atoms with van der Waals surface area (Å²) in [5.74, 6) is 1.66. The zero-order chi connectivity index (χ0) is 30.4. The molecule has 0 atom stereocenters. The summed E-state index contributed by atoms with van der Waals surface area (Å²) in [6, 6.07) is 38.1. The van der Waals surface area contributed by atoms with Gasteiger partial charge in [-0.25, -0.2) is 0 Å². The average molecular weight is 610 g/mol. The molecule has 0 N–H and O–H groups in total. The highest BCUT2D eigenvalue weighted by Gasteiger charge is 2.30. The van der Waals surface area contributed by atoms with Gasteiger partial charge in [-0.15, -0.1) is 10.2 Å². The van der Waals surface area contributed by atoms with Crippen LogP contribution in [0, 0.1) is 6.07 Å². The maximum atomic E-state index is 13.1. The highest BCUT2D eigenvalue weighted by atomic mass is 32.1. The van der Waals surface area contributed by atoms with Gasteiger partial charge in [0.15, 0.2) is 0 Å². The van der Waals surface area contributed by atoms with E-state index in [4.69, 9.17) is 14.2 Å². The van der Waals surface area contributed by atoms with Crippen molar-refractivity contribution in [1.29, 1.82) is 0 Å². The Hall–Kier alpha value is -5.15. The summed E-state index contributed by atoms with van der Waals surface area (Å²) in [4.78, 5) is 0. The van der Waals surface area contributed by atoms with Crippen LogP contribution in [0.1, 0.15) is 16.7 Å². The van der Waals surface area contributed by atoms with Gasteiger partial charge in [-0.3, -0.25) is 0 Å². The topological polar surface area (TPSA) is 53.5 Å². The molecule has 5 nitrogen and oxygen atoms in total. The molecule has 6 rings (SSSR count). The van der Waals surface area contributed by atoms with E-state index in [1.54, 1.807) is 18.2 Å². The molecule has 0 aliphatic carbocycles. The second kappa shape index (κ2) is 13.0. The number of alkyl halides is 3. The third-order valence-corrected chi connectivity index (χ3v) is 7.45. The molecule has 1 radical (unpaired) electrons. The smallest absolute Gasteiger partial charge is 0.416 e. The quantitative estimate of drug-likeness (QED) is 0.155. The fourth-order valence-corrected chi connectivity index (χ4v) is 5.11. The van der Waals surface area contributed by atoms with Crippen LogP contribution in [0.5, 0.6) is 23.0 Å². The van der Waals surface area contributed by atoms with Crippen molar-refractivity contribution in [3.63, 3.8) is 0 Å². The first-order valence-corrected chi connectivity index (χ1v) is 14.4. The molecular formula is C35H24F3N2O3S. The fraction of sp³-hybridized carbons (Fsp3) is 0.0857. The Morgan fingerprint density at radius 3 is 1.86 bits per heavy atom. The maximum absolute atomic E-state index is 13.1. The van der Waals surface area contributed by atoms with Crippen molar-refractivity contribution >= 4 is 11.3 Å². The number of benzene rings is 5. The molecule has 44 heavy (non-hydrogen) atoms. The van der Waals surface area contributed by atoms with Crippen LogP contribution < -0.4 is 14.2 Å².